The summed E-state index contributed by atoms with van der Waals surface area (Å²) in [5.41, 5.74) is -0.222. The Morgan fingerprint density at radius 3 is 2.30 bits per heavy atom. The molecule has 0 bridgehead atoms. The molecule has 1 N–H and O–H groups in total. The molecule has 0 aliphatic heterocycles. The summed E-state index contributed by atoms with van der Waals surface area (Å²) in [6, 6.07) is 4.62. The van der Waals surface area contributed by atoms with Crippen LogP contribution in [0.3, 0.4) is 0 Å². The molecule has 0 fully saturated rings. The van der Waals surface area contributed by atoms with Crippen LogP contribution in [0, 0.1) is 0 Å². The van der Waals surface area contributed by atoms with Gasteiger partial charge in [-0.1, -0.05) is 50.5 Å². The zero-order chi connectivity index (χ0) is 15.0. The highest BCUT2D eigenvalue weighted by molar-refractivity contribution is 5.27. The van der Waals surface area contributed by atoms with Gasteiger partial charge in [0.25, 0.3) is 0 Å². The number of allylic oxidation sites excluding steroid dienone is 1. The van der Waals surface area contributed by atoms with Crippen LogP contribution in [0.5, 0.6) is 0 Å². The van der Waals surface area contributed by atoms with Crippen molar-refractivity contribution in [3.05, 3.63) is 47.5 Å². The first-order valence-electron chi connectivity index (χ1n) is 6.97. The molecule has 1 aromatic rings. The van der Waals surface area contributed by atoms with Crippen LogP contribution in [0.4, 0.5) is 13.2 Å². The third-order valence-corrected chi connectivity index (χ3v) is 3.12. The van der Waals surface area contributed by atoms with E-state index in [0.717, 1.165) is 31.4 Å². The van der Waals surface area contributed by atoms with Gasteiger partial charge in [0.05, 0.1) is 11.7 Å². The predicted molar refractivity (Wildman–Crippen MR) is 74.3 cm³/mol. The molecule has 0 saturated heterocycles. The van der Waals surface area contributed by atoms with Crippen LogP contribution in [0.2, 0.25) is 0 Å². The van der Waals surface area contributed by atoms with E-state index in [-0.39, 0.29) is 0 Å². The van der Waals surface area contributed by atoms with Gasteiger partial charge in [-0.3, -0.25) is 0 Å². The van der Waals surface area contributed by atoms with Gasteiger partial charge in [0, 0.05) is 0 Å². The van der Waals surface area contributed by atoms with Crippen molar-refractivity contribution in [2.75, 3.05) is 0 Å². The maximum absolute atomic E-state index is 12.4. The van der Waals surface area contributed by atoms with Gasteiger partial charge in [0.15, 0.2) is 0 Å². The Hall–Kier alpha value is -1.29. The van der Waals surface area contributed by atoms with Crippen molar-refractivity contribution in [3.8, 4) is 0 Å². The molecular weight excluding hydrogens is 265 g/mol. The number of aliphatic hydroxyl groups excluding tert-OH is 1. The number of halogens is 3. The molecule has 0 aliphatic carbocycles. The number of alkyl halides is 3. The second kappa shape index (κ2) is 8.10. The molecule has 1 atom stereocenters. The first-order valence-corrected chi connectivity index (χ1v) is 6.97. The number of aliphatic hydroxyl groups is 1. The molecule has 1 nitrogen and oxygen atoms in total. The van der Waals surface area contributed by atoms with E-state index in [4.69, 9.17) is 0 Å². The average Bonchev–Trinajstić information content (AvgIpc) is 2.41. The Morgan fingerprint density at radius 2 is 1.75 bits per heavy atom. The fraction of sp³-hybridized carbons (Fsp3) is 0.500. The molecular formula is C16H21F3O. The van der Waals surface area contributed by atoms with Crippen LogP contribution >= 0.6 is 0 Å². The molecule has 0 unspecified atom stereocenters. The largest absolute Gasteiger partial charge is 0.416 e. The van der Waals surface area contributed by atoms with Gasteiger partial charge >= 0.3 is 6.18 Å². The highest BCUT2D eigenvalue weighted by Crippen LogP contribution is 2.30. The van der Waals surface area contributed by atoms with E-state index < -0.39 is 17.8 Å². The first kappa shape index (κ1) is 16.8. The summed E-state index contributed by atoms with van der Waals surface area (Å²) in [5.74, 6) is 0. The topological polar surface area (TPSA) is 20.2 Å². The zero-order valence-corrected chi connectivity index (χ0v) is 11.7. The second-order valence-electron chi connectivity index (χ2n) is 4.84. The molecule has 0 spiro atoms. The Labute approximate surface area is 118 Å². The Morgan fingerprint density at radius 1 is 1.10 bits per heavy atom. The number of unbranched alkanes of at least 4 members (excludes halogenated alkanes) is 4. The van der Waals surface area contributed by atoms with Crippen molar-refractivity contribution in [3.63, 3.8) is 0 Å². The summed E-state index contributed by atoms with van der Waals surface area (Å²) in [5, 5.41) is 9.85. The molecule has 0 heterocycles. The van der Waals surface area contributed by atoms with E-state index in [2.05, 4.69) is 6.92 Å². The summed E-state index contributed by atoms with van der Waals surface area (Å²) in [6.07, 6.45) is 3.85. The van der Waals surface area contributed by atoms with Gasteiger partial charge < -0.3 is 5.11 Å². The predicted octanol–water partition coefficient (Wildman–Crippen LogP) is 5.27. The highest BCUT2D eigenvalue weighted by Gasteiger charge is 2.30. The lowest BCUT2D eigenvalue weighted by Crippen LogP contribution is -2.05. The van der Waals surface area contributed by atoms with Crippen LogP contribution in [-0.4, -0.2) is 5.11 Å². The van der Waals surface area contributed by atoms with Crippen molar-refractivity contribution in [2.24, 2.45) is 0 Å². The van der Waals surface area contributed by atoms with E-state index in [0.29, 0.717) is 5.56 Å². The minimum Gasteiger partial charge on any atom is -0.384 e. The van der Waals surface area contributed by atoms with Crippen LogP contribution in [0.25, 0.3) is 0 Å². The Balaban J connectivity index is 2.47. The average molecular weight is 286 g/mol. The summed E-state index contributed by atoms with van der Waals surface area (Å²) >= 11 is 0. The van der Waals surface area contributed by atoms with Gasteiger partial charge in [-0.2, -0.15) is 13.2 Å². The molecule has 0 radical (unpaired) electrons. The van der Waals surface area contributed by atoms with E-state index in [1.165, 1.54) is 25.0 Å². The maximum atomic E-state index is 12.4. The molecule has 0 aromatic heterocycles. The maximum Gasteiger partial charge on any atom is 0.416 e. The SMILES string of the molecule is CCCCCC/C=C/[C@@H](O)c1ccc(C(F)(F)F)cc1. The fourth-order valence-corrected chi connectivity index (χ4v) is 1.89. The van der Waals surface area contributed by atoms with Crippen molar-refractivity contribution >= 4 is 0 Å². The summed E-state index contributed by atoms with van der Waals surface area (Å²) in [7, 11) is 0. The van der Waals surface area contributed by atoms with Gasteiger partial charge in [0.1, 0.15) is 0 Å². The third-order valence-electron chi connectivity index (χ3n) is 3.12. The van der Waals surface area contributed by atoms with Crippen molar-refractivity contribution in [1.29, 1.82) is 0 Å². The van der Waals surface area contributed by atoms with Crippen LogP contribution in [0.1, 0.15) is 56.3 Å². The standard InChI is InChI=1S/C16H21F3O/c1-2-3-4-5-6-7-8-15(20)13-9-11-14(12-10-13)16(17,18)19/h7-12,15,20H,2-6H2,1H3/b8-7+/t15-/m1/s1. The van der Waals surface area contributed by atoms with E-state index in [1.807, 2.05) is 6.08 Å². The van der Waals surface area contributed by atoms with Crippen molar-refractivity contribution in [1.82, 2.24) is 0 Å². The van der Waals surface area contributed by atoms with Crippen LogP contribution < -0.4 is 0 Å². The van der Waals surface area contributed by atoms with Crippen LogP contribution in [-0.2, 0) is 6.18 Å². The molecule has 112 valence electrons. The summed E-state index contributed by atoms with van der Waals surface area (Å²) in [4.78, 5) is 0. The molecule has 1 aromatic carbocycles. The Kier molecular flexibility index (Phi) is 6.79. The second-order valence-corrected chi connectivity index (χ2v) is 4.84. The smallest absolute Gasteiger partial charge is 0.384 e. The van der Waals surface area contributed by atoms with Gasteiger partial charge in [-0.05, 0) is 30.5 Å². The zero-order valence-electron chi connectivity index (χ0n) is 11.7. The van der Waals surface area contributed by atoms with Gasteiger partial charge in [-0.25, -0.2) is 0 Å². The molecule has 0 amide bonds. The number of hydrogen-bond acceptors (Lipinski definition) is 1. The monoisotopic (exact) mass is 286 g/mol. The molecule has 20 heavy (non-hydrogen) atoms. The molecule has 0 aliphatic rings. The van der Waals surface area contributed by atoms with E-state index in [1.54, 1.807) is 6.08 Å². The molecule has 4 heteroatoms. The lowest BCUT2D eigenvalue weighted by molar-refractivity contribution is -0.137. The minimum atomic E-state index is -4.33. The molecule has 1 rings (SSSR count). The third kappa shape index (κ3) is 5.78. The quantitative estimate of drug-likeness (QED) is 0.535. The normalized spacial score (nSPS) is 13.8. The Bertz CT molecular complexity index is 407. The van der Waals surface area contributed by atoms with Crippen LogP contribution in [0.15, 0.2) is 36.4 Å². The van der Waals surface area contributed by atoms with E-state index >= 15 is 0 Å². The minimum absolute atomic E-state index is 0.475. The lowest BCUT2D eigenvalue weighted by atomic mass is 10.1. The fourth-order valence-electron chi connectivity index (χ4n) is 1.89. The van der Waals surface area contributed by atoms with Gasteiger partial charge in [0.2, 0.25) is 0 Å². The number of hydrogen-bond donors (Lipinski definition) is 1. The summed E-state index contributed by atoms with van der Waals surface area (Å²) in [6.45, 7) is 2.14. The molecule has 0 saturated carbocycles. The lowest BCUT2D eigenvalue weighted by Gasteiger charge is -2.09. The number of rotatable bonds is 7. The highest BCUT2D eigenvalue weighted by atomic mass is 19.4. The summed E-state index contributed by atoms with van der Waals surface area (Å²) < 4.78 is 37.2. The number of benzene rings is 1. The van der Waals surface area contributed by atoms with E-state index in [9.17, 15) is 18.3 Å². The van der Waals surface area contributed by atoms with Crippen molar-refractivity contribution < 1.29 is 18.3 Å². The first-order chi connectivity index (χ1) is 9.45. The van der Waals surface area contributed by atoms with Gasteiger partial charge in [-0.15, -0.1) is 0 Å². The van der Waals surface area contributed by atoms with Crippen molar-refractivity contribution in [2.45, 2.75) is 51.3 Å².